The fourth-order valence-electron chi connectivity index (χ4n) is 1.82. The maximum absolute atomic E-state index is 10.9. The van der Waals surface area contributed by atoms with E-state index in [9.17, 15) is 15.2 Å². The highest BCUT2D eigenvalue weighted by atomic mass is 32.2. The lowest BCUT2D eigenvalue weighted by Crippen LogP contribution is -2.37. The number of nitrogens with zero attached hydrogens (tertiary/aromatic N) is 1. The van der Waals surface area contributed by atoms with E-state index >= 15 is 0 Å². The van der Waals surface area contributed by atoms with Gasteiger partial charge >= 0.3 is 0 Å². The second-order valence-corrected chi connectivity index (χ2v) is 5.50. The topological polar surface area (TPSA) is 84.6 Å². The van der Waals surface area contributed by atoms with Crippen LogP contribution in [0.3, 0.4) is 0 Å². The van der Waals surface area contributed by atoms with Gasteiger partial charge in [0.2, 0.25) is 0 Å². The molecular weight excluding hydrogens is 280 g/mol. The van der Waals surface area contributed by atoms with Gasteiger partial charge in [-0.1, -0.05) is 0 Å². The van der Waals surface area contributed by atoms with E-state index in [1.807, 2.05) is 13.2 Å². The molecule has 0 bridgehead atoms. The van der Waals surface area contributed by atoms with Crippen molar-refractivity contribution in [1.29, 1.82) is 0 Å². The number of non-ortho nitro benzene ring substituents is 1. The molecule has 2 N–H and O–H groups in total. The summed E-state index contributed by atoms with van der Waals surface area (Å²) in [5.41, 5.74) is 0.790. The number of hydrogen-bond donors (Lipinski definition) is 2. The van der Waals surface area contributed by atoms with E-state index in [1.165, 1.54) is 19.2 Å². The summed E-state index contributed by atoms with van der Waals surface area (Å²) in [6, 6.07) is 4.78. The van der Waals surface area contributed by atoms with Crippen molar-refractivity contribution in [2.45, 2.75) is 24.8 Å². The average molecular weight is 300 g/mol. The van der Waals surface area contributed by atoms with Crippen LogP contribution < -0.4 is 10.1 Å². The molecule has 1 aromatic carbocycles. The van der Waals surface area contributed by atoms with Crippen molar-refractivity contribution in [2.24, 2.45) is 0 Å². The zero-order valence-corrected chi connectivity index (χ0v) is 12.6. The molecule has 0 saturated heterocycles. The van der Waals surface area contributed by atoms with Crippen LogP contribution in [0.2, 0.25) is 0 Å². The number of methoxy groups -OCH3 is 1. The van der Waals surface area contributed by atoms with Crippen LogP contribution in [0.15, 0.2) is 18.2 Å². The van der Waals surface area contributed by atoms with Crippen molar-refractivity contribution in [3.05, 3.63) is 33.9 Å². The summed E-state index contributed by atoms with van der Waals surface area (Å²) in [7, 11) is 1.48. The molecule has 1 aromatic rings. The first-order valence-electron chi connectivity index (χ1n) is 6.21. The lowest BCUT2D eigenvalue weighted by atomic mass is 10.1. The molecule has 0 aliphatic heterocycles. The van der Waals surface area contributed by atoms with Crippen molar-refractivity contribution < 1.29 is 14.8 Å². The molecule has 0 saturated carbocycles. The number of aliphatic hydroxyl groups is 1. The molecule has 0 amide bonds. The van der Waals surface area contributed by atoms with Gasteiger partial charge in [0.05, 0.1) is 24.7 Å². The summed E-state index contributed by atoms with van der Waals surface area (Å²) < 4.78 is 5.07. The predicted molar refractivity (Wildman–Crippen MR) is 80.3 cm³/mol. The highest BCUT2D eigenvalue weighted by Gasteiger charge is 2.15. The van der Waals surface area contributed by atoms with Crippen LogP contribution in [-0.4, -0.2) is 41.3 Å². The standard InChI is InChI=1S/C13H20N2O4S/c1-9(13(8-16)20-3)14-7-10-4-11(15(17)18)6-12(5-10)19-2/h4-6,9,13-14,16H,7-8H2,1-3H3. The van der Waals surface area contributed by atoms with E-state index in [-0.39, 0.29) is 23.6 Å². The van der Waals surface area contributed by atoms with Crippen LogP contribution in [0.5, 0.6) is 5.75 Å². The smallest absolute Gasteiger partial charge is 0.273 e. The van der Waals surface area contributed by atoms with Gasteiger partial charge in [-0.15, -0.1) is 0 Å². The zero-order chi connectivity index (χ0) is 15.1. The number of nitro benzene ring substituents is 1. The summed E-state index contributed by atoms with van der Waals surface area (Å²) in [4.78, 5) is 10.4. The Kier molecular flexibility index (Phi) is 6.77. The Morgan fingerprint density at radius 3 is 2.70 bits per heavy atom. The number of hydrogen-bond acceptors (Lipinski definition) is 6. The lowest BCUT2D eigenvalue weighted by Gasteiger charge is -2.21. The largest absolute Gasteiger partial charge is 0.496 e. The molecule has 112 valence electrons. The van der Waals surface area contributed by atoms with E-state index in [0.717, 1.165) is 5.56 Å². The van der Waals surface area contributed by atoms with E-state index in [2.05, 4.69) is 5.32 Å². The summed E-state index contributed by atoms with van der Waals surface area (Å²) >= 11 is 1.58. The van der Waals surface area contributed by atoms with Gasteiger partial charge in [-0.25, -0.2) is 0 Å². The normalized spacial score (nSPS) is 13.8. The Morgan fingerprint density at radius 1 is 1.50 bits per heavy atom. The number of aliphatic hydroxyl groups excluding tert-OH is 1. The Balaban J connectivity index is 2.76. The van der Waals surface area contributed by atoms with Crippen molar-refractivity contribution in [3.63, 3.8) is 0 Å². The summed E-state index contributed by atoms with van der Waals surface area (Å²) in [5.74, 6) is 0.465. The van der Waals surface area contributed by atoms with Crippen LogP contribution in [-0.2, 0) is 6.54 Å². The van der Waals surface area contributed by atoms with Crippen LogP contribution in [0.4, 0.5) is 5.69 Å². The number of nitrogens with one attached hydrogen (secondary N) is 1. The van der Waals surface area contributed by atoms with Gasteiger partial charge in [0.25, 0.3) is 5.69 Å². The monoisotopic (exact) mass is 300 g/mol. The van der Waals surface area contributed by atoms with Crippen LogP contribution in [0.25, 0.3) is 0 Å². The first-order valence-corrected chi connectivity index (χ1v) is 7.50. The molecule has 0 radical (unpaired) electrons. The molecule has 0 spiro atoms. The Bertz CT molecular complexity index is 452. The minimum absolute atomic E-state index is 0.0115. The van der Waals surface area contributed by atoms with Gasteiger partial charge in [0, 0.05) is 23.9 Å². The van der Waals surface area contributed by atoms with Crippen LogP contribution >= 0.6 is 11.8 Å². The van der Waals surface area contributed by atoms with Gasteiger partial charge in [0.1, 0.15) is 5.75 Å². The van der Waals surface area contributed by atoms with Crippen molar-refractivity contribution in [1.82, 2.24) is 5.32 Å². The first-order chi connectivity index (χ1) is 9.51. The minimum atomic E-state index is -0.437. The molecular formula is C13H20N2O4S. The van der Waals surface area contributed by atoms with E-state index in [1.54, 1.807) is 17.8 Å². The highest BCUT2D eigenvalue weighted by molar-refractivity contribution is 7.99. The van der Waals surface area contributed by atoms with E-state index in [4.69, 9.17) is 4.74 Å². The second kappa shape index (κ2) is 8.08. The van der Waals surface area contributed by atoms with Gasteiger partial charge < -0.3 is 15.2 Å². The van der Waals surface area contributed by atoms with Crippen molar-refractivity contribution in [2.75, 3.05) is 20.0 Å². The molecule has 7 heteroatoms. The first kappa shape index (κ1) is 16.7. The number of rotatable bonds is 8. The van der Waals surface area contributed by atoms with E-state index in [0.29, 0.717) is 12.3 Å². The van der Waals surface area contributed by atoms with Gasteiger partial charge in [-0.2, -0.15) is 11.8 Å². The highest BCUT2D eigenvalue weighted by Crippen LogP contribution is 2.22. The minimum Gasteiger partial charge on any atom is -0.496 e. The quantitative estimate of drug-likeness (QED) is 0.562. The predicted octanol–water partition coefficient (Wildman–Crippen LogP) is 1.81. The van der Waals surface area contributed by atoms with Crippen molar-refractivity contribution >= 4 is 17.4 Å². The number of nitro groups is 1. The molecule has 0 aliphatic carbocycles. The summed E-state index contributed by atoms with van der Waals surface area (Å²) in [6.45, 7) is 2.55. The molecule has 0 aliphatic rings. The third-order valence-corrected chi connectivity index (χ3v) is 4.23. The second-order valence-electron chi connectivity index (χ2n) is 4.42. The number of benzene rings is 1. The molecule has 2 unspecified atom stereocenters. The molecule has 0 heterocycles. The lowest BCUT2D eigenvalue weighted by molar-refractivity contribution is -0.385. The molecule has 0 aromatic heterocycles. The van der Waals surface area contributed by atoms with Crippen LogP contribution in [0, 0.1) is 10.1 Å². The average Bonchev–Trinajstić information content (AvgIpc) is 2.45. The number of ether oxygens (including phenoxy) is 1. The number of thioether (sulfide) groups is 1. The SMILES string of the molecule is COc1cc(CNC(C)C(CO)SC)cc([N+](=O)[O-])c1. The Labute approximate surface area is 122 Å². The third-order valence-electron chi connectivity index (χ3n) is 3.07. The molecule has 6 nitrogen and oxygen atoms in total. The summed E-state index contributed by atoms with van der Waals surface area (Å²) in [5, 5.41) is 23.4. The molecule has 0 fully saturated rings. The summed E-state index contributed by atoms with van der Waals surface area (Å²) in [6.07, 6.45) is 1.94. The zero-order valence-electron chi connectivity index (χ0n) is 11.8. The van der Waals surface area contributed by atoms with Crippen LogP contribution in [0.1, 0.15) is 12.5 Å². The maximum Gasteiger partial charge on any atom is 0.273 e. The van der Waals surface area contributed by atoms with Gasteiger partial charge in [-0.3, -0.25) is 10.1 Å². The molecule has 1 rings (SSSR count). The van der Waals surface area contributed by atoms with E-state index < -0.39 is 4.92 Å². The van der Waals surface area contributed by atoms with Gasteiger partial charge in [0.15, 0.2) is 0 Å². The Hall–Kier alpha value is -1.31. The fraction of sp³-hybridized carbons (Fsp3) is 0.538. The molecule has 2 atom stereocenters. The Morgan fingerprint density at radius 2 is 2.20 bits per heavy atom. The fourth-order valence-corrected chi connectivity index (χ4v) is 2.47. The molecule has 20 heavy (non-hydrogen) atoms. The maximum atomic E-state index is 10.9. The van der Waals surface area contributed by atoms with Gasteiger partial charge in [-0.05, 0) is 24.8 Å². The van der Waals surface area contributed by atoms with Crippen molar-refractivity contribution in [3.8, 4) is 5.75 Å². The third kappa shape index (κ3) is 4.66.